The van der Waals surface area contributed by atoms with Crippen LogP contribution in [0, 0.1) is 5.82 Å². The summed E-state index contributed by atoms with van der Waals surface area (Å²) in [6.45, 7) is 1.32. The Bertz CT molecular complexity index is 1190. The van der Waals surface area contributed by atoms with Crippen LogP contribution in [0.3, 0.4) is 0 Å². The minimum absolute atomic E-state index is 0.0593. The number of benzene rings is 1. The van der Waals surface area contributed by atoms with Crippen LogP contribution < -0.4 is 10.5 Å². The molecule has 13 heteroatoms. The van der Waals surface area contributed by atoms with Crippen molar-refractivity contribution in [3.8, 4) is 0 Å². The number of H-pyrrole nitrogens is 1. The van der Waals surface area contributed by atoms with Crippen LogP contribution in [-0.4, -0.2) is 31.5 Å². The van der Waals surface area contributed by atoms with Crippen molar-refractivity contribution in [1.82, 2.24) is 25.2 Å². The molecule has 1 aliphatic heterocycles. The van der Waals surface area contributed by atoms with Gasteiger partial charge in [-0.25, -0.2) is 18.6 Å². The van der Waals surface area contributed by atoms with Crippen LogP contribution >= 0.6 is 11.6 Å². The van der Waals surface area contributed by atoms with E-state index < -0.39 is 35.5 Å². The summed E-state index contributed by atoms with van der Waals surface area (Å²) >= 11 is 5.96. The van der Waals surface area contributed by atoms with Gasteiger partial charge in [-0.1, -0.05) is 22.9 Å². The summed E-state index contributed by atoms with van der Waals surface area (Å²) in [5.74, 6) is -1.02. The number of aromatic nitrogens is 5. The van der Waals surface area contributed by atoms with E-state index in [1.807, 2.05) is 0 Å². The first-order valence-corrected chi connectivity index (χ1v) is 9.39. The molecule has 0 unspecified atom stereocenters. The first-order valence-electron chi connectivity index (χ1n) is 9.01. The Labute approximate surface area is 176 Å². The molecule has 0 spiro atoms. The van der Waals surface area contributed by atoms with Gasteiger partial charge >= 0.3 is 6.18 Å². The maximum absolute atomic E-state index is 15.0. The van der Waals surface area contributed by atoms with Crippen LogP contribution in [0.4, 0.5) is 27.6 Å². The van der Waals surface area contributed by atoms with E-state index in [1.165, 1.54) is 22.7 Å². The number of nitrogens with zero attached hydrogens (tertiary/aromatic N) is 5. The van der Waals surface area contributed by atoms with Crippen molar-refractivity contribution in [1.29, 1.82) is 0 Å². The number of anilines is 1. The maximum atomic E-state index is 15.0. The molecule has 3 aromatic rings. The van der Waals surface area contributed by atoms with Gasteiger partial charge in [-0.05, 0) is 24.6 Å². The Kier molecular flexibility index (Phi) is 5.20. The molecule has 31 heavy (non-hydrogen) atoms. The van der Waals surface area contributed by atoms with Gasteiger partial charge in [0.05, 0.1) is 35.7 Å². The molecular formula is C18H14ClF5N6O. The first-order chi connectivity index (χ1) is 14.6. The molecule has 2 aromatic heterocycles. The van der Waals surface area contributed by atoms with Crippen LogP contribution in [0.25, 0.3) is 0 Å². The lowest BCUT2D eigenvalue weighted by atomic mass is 10.00. The highest BCUT2D eigenvalue weighted by Gasteiger charge is 2.37. The molecule has 0 aliphatic carbocycles. The second-order valence-electron chi connectivity index (χ2n) is 7.00. The third-order valence-corrected chi connectivity index (χ3v) is 5.48. The second-order valence-corrected chi connectivity index (χ2v) is 7.38. The van der Waals surface area contributed by atoms with Crippen molar-refractivity contribution >= 4 is 17.3 Å². The van der Waals surface area contributed by atoms with Crippen molar-refractivity contribution in [3.05, 3.63) is 68.1 Å². The Hall–Kier alpha value is -3.02. The number of alkyl halides is 4. The molecule has 0 amide bonds. The molecular weight excluding hydrogens is 447 g/mol. The standard InChI is InChI=1S/C18H14ClF5N6O/c1-8(10-3-2-9(20)4-11(10)18(22,23)24)30-13-5-15(21)29(7-12(13)26-28-30)14-6-25-27-17(31)16(14)19/h2-4,6,8,15H,5,7H2,1H3,(H,27,31)/t8-,15+/m1/s1. The summed E-state index contributed by atoms with van der Waals surface area (Å²) in [6.07, 6.45) is -5.51. The molecule has 3 heterocycles. The zero-order valence-electron chi connectivity index (χ0n) is 15.8. The van der Waals surface area contributed by atoms with Crippen LogP contribution in [0.2, 0.25) is 5.02 Å². The van der Waals surface area contributed by atoms with Gasteiger partial charge in [0, 0.05) is 6.42 Å². The van der Waals surface area contributed by atoms with Crippen molar-refractivity contribution < 1.29 is 22.0 Å². The highest BCUT2D eigenvalue weighted by atomic mass is 35.5. The molecule has 164 valence electrons. The first kappa shape index (κ1) is 21.2. The summed E-state index contributed by atoms with van der Waals surface area (Å²) in [7, 11) is 0. The molecule has 0 bridgehead atoms. The monoisotopic (exact) mass is 460 g/mol. The van der Waals surface area contributed by atoms with Crippen LogP contribution in [0.15, 0.2) is 29.2 Å². The third kappa shape index (κ3) is 3.75. The van der Waals surface area contributed by atoms with Gasteiger partial charge in [0.2, 0.25) is 0 Å². The van der Waals surface area contributed by atoms with E-state index in [1.54, 1.807) is 0 Å². The van der Waals surface area contributed by atoms with Gasteiger partial charge in [-0.15, -0.1) is 5.10 Å². The van der Waals surface area contributed by atoms with E-state index in [0.717, 1.165) is 12.1 Å². The molecule has 4 rings (SSSR count). The summed E-state index contributed by atoms with van der Waals surface area (Å²) in [5.41, 5.74) is -1.38. The van der Waals surface area contributed by atoms with E-state index in [0.29, 0.717) is 17.5 Å². The Morgan fingerprint density at radius 3 is 2.77 bits per heavy atom. The fourth-order valence-electron chi connectivity index (χ4n) is 3.60. The van der Waals surface area contributed by atoms with Gasteiger partial charge < -0.3 is 4.90 Å². The maximum Gasteiger partial charge on any atom is 0.416 e. The molecule has 7 nitrogen and oxygen atoms in total. The molecule has 0 saturated heterocycles. The van der Waals surface area contributed by atoms with Gasteiger partial charge in [0.25, 0.3) is 5.56 Å². The topological polar surface area (TPSA) is 79.7 Å². The number of hydrogen-bond donors (Lipinski definition) is 1. The summed E-state index contributed by atoms with van der Waals surface area (Å²) in [5, 5.41) is 13.4. The SMILES string of the molecule is C[C@H](c1ccc(F)cc1C(F)(F)F)n1nnc2c1C[C@@H](F)N(c1cn[nH]c(=O)c1Cl)C2. The van der Waals surface area contributed by atoms with E-state index in [-0.39, 0.29) is 29.2 Å². The fourth-order valence-corrected chi connectivity index (χ4v) is 3.80. The van der Waals surface area contributed by atoms with Crippen molar-refractivity contribution in [2.75, 3.05) is 4.90 Å². The largest absolute Gasteiger partial charge is 0.416 e. The van der Waals surface area contributed by atoms with Crippen molar-refractivity contribution in [2.45, 2.75) is 38.4 Å². The highest BCUT2D eigenvalue weighted by Crippen LogP contribution is 2.38. The van der Waals surface area contributed by atoms with E-state index in [2.05, 4.69) is 20.5 Å². The average Bonchev–Trinajstić information content (AvgIpc) is 3.11. The minimum Gasteiger partial charge on any atom is -0.333 e. The van der Waals surface area contributed by atoms with E-state index >= 15 is 0 Å². The van der Waals surface area contributed by atoms with Crippen molar-refractivity contribution in [3.63, 3.8) is 0 Å². The highest BCUT2D eigenvalue weighted by molar-refractivity contribution is 6.33. The normalized spacial score (nSPS) is 17.5. The lowest BCUT2D eigenvalue weighted by molar-refractivity contribution is -0.138. The van der Waals surface area contributed by atoms with Crippen LogP contribution in [-0.2, 0) is 19.1 Å². The molecule has 1 aliphatic rings. The zero-order chi connectivity index (χ0) is 22.5. The van der Waals surface area contributed by atoms with Gasteiger partial charge in [-0.3, -0.25) is 4.79 Å². The molecule has 0 saturated carbocycles. The van der Waals surface area contributed by atoms with Crippen LogP contribution in [0.5, 0.6) is 0 Å². The van der Waals surface area contributed by atoms with E-state index in [4.69, 9.17) is 11.6 Å². The molecule has 2 atom stereocenters. The van der Waals surface area contributed by atoms with Crippen molar-refractivity contribution in [2.24, 2.45) is 0 Å². The number of nitrogens with one attached hydrogen (secondary N) is 1. The average molecular weight is 461 g/mol. The summed E-state index contributed by atoms with van der Waals surface area (Å²) < 4.78 is 69.9. The number of halogens is 6. The molecule has 1 aromatic carbocycles. The quantitative estimate of drug-likeness (QED) is 0.477. The number of aromatic amines is 1. The number of rotatable bonds is 3. The Balaban J connectivity index is 1.71. The van der Waals surface area contributed by atoms with Crippen LogP contribution in [0.1, 0.15) is 35.5 Å². The lowest BCUT2D eigenvalue weighted by Gasteiger charge is -2.32. The zero-order valence-corrected chi connectivity index (χ0v) is 16.5. The summed E-state index contributed by atoms with van der Waals surface area (Å²) in [4.78, 5) is 12.8. The summed E-state index contributed by atoms with van der Waals surface area (Å²) in [6, 6.07) is 1.38. The predicted octanol–water partition coefficient (Wildman–Crippen LogP) is 3.64. The molecule has 0 radical (unpaired) electrons. The predicted molar refractivity (Wildman–Crippen MR) is 99.9 cm³/mol. The molecule has 1 N–H and O–H groups in total. The fraction of sp³-hybridized carbons (Fsp3) is 0.333. The minimum atomic E-state index is -4.78. The molecule has 0 fully saturated rings. The van der Waals surface area contributed by atoms with E-state index in [9.17, 15) is 26.7 Å². The van der Waals surface area contributed by atoms with Gasteiger partial charge in [-0.2, -0.15) is 18.3 Å². The van der Waals surface area contributed by atoms with Gasteiger partial charge in [0.1, 0.15) is 16.5 Å². The Morgan fingerprint density at radius 1 is 1.32 bits per heavy atom. The number of hydrogen-bond acceptors (Lipinski definition) is 5. The lowest BCUT2D eigenvalue weighted by Crippen LogP contribution is -2.39. The smallest absolute Gasteiger partial charge is 0.333 e. The third-order valence-electron chi connectivity index (χ3n) is 5.12. The number of fused-ring (bicyclic) bond motifs is 1. The van der Waals surface area contributed by atoms with Gasteiger partial charge in [0.15, 0.2) is 6.30 Å². The second kappa shape index (κ2) is 7.59. The Morgan fingerprint density at radius 2 is 2.06 bits per heavy atom.